The summed E-state index contributed by atoms with van der Waals surface area (Å²) in [5.74, 6) is -0.327. The number of likely N-dealkylation sites (tertiary alicyclic amines) is 2. The molecule has 0 aromatic carbocycles. The van der Waals surface area contributed by atoms with E-state index in [1.54, 1.807) is 4.90 Å². The van der Waals surface area contributed by atoms with E-state index in [1.165, 1.54) is 0 Å². The van der Waals surface area contributed by atoms with Crippen LogP contribution in [0.1, 0.15) is 49.9 Å². The highest BCUT2D eigenvalue weighted by molar-refractivity contribution is 5.82. The van der Waals surface area contributed by atoms with E-state index in [1.807, 2.05) is 11.9 Å². The number of alkyl halides is 3. The molecule has 9 heteroatoms. The van der Waals surface area contributed by atoms with Crippen LogP contribution in [0.4, 0.5) is 13.2 Å². The molecule has 0 bridgehead atoms. The van der Waals surface area contributed by atoms with Crippen molar-refractivity contribution in [3.8, 4) is 0 Å². The summed E-state index contributed by atoms with van der Waals surface area (Å²) in [4.78, 5) is 16.6. The maximum absolute atomic E-state index is 12.8. The maximum Gasteiger partial charge on any atom is 0.397 e. The van der Waals surface area contributed by atoms with Crippen molar-refractivity contribution in [1.29, 1.82) is 0 Å². The zero-order valence-corrected chi connectivity index (χ0v) is 13.6. The van der Waals surface area contributed by atoms with Crippen molar-refractivity contribution in [3.05, 3.63) is 11.8 Å². The number of carbonyl (C=O) groups excluding carboxylic acids is 1. The van der Waals surface area contributed by atoms with Crippen LogP contribution in [-0.2, 0) is 11.2 Å². The Kier molecular flexibility index (Phi) is 4.80. The fourth-order valence-electron chi connectivity index (χ4n) is 3.51. The molecule has 0 N–H and O–H groups in total. The molecule has 2 saturated heterocycles. The Morgan fingerprint density at radius 2 is 2.00 bits per heavy atom. The van der Waals surface area contributed by atoms with Crippen molar-refractivity contribution >= 4 is 5.91 Å². The first-order chi connectivity index (χ1) is 11.3. The zero-order chi connectivity index (χ0) is 17.3. The summed E-state index contributed by atoms with van der Waals surface area (Å²) in [6.07, 6.45) is -1.46. The van der Waals surface area contributed by atoms with Crippen molar-refractivity contribution in [2.24, 2.45) is 0 Å². The molecule has 3 heterocycles. The number of aromatic nitrogens is 2. The van der Waals surface area contributed by atoms with Crippen LogP contribution in [0.25, 0.3) is 0 Å². The van der Waals surface area contributed by atoms with Crippen molar-refractivity contribution in [1.82, 2.24) is 20.0 Å². The quantitative estimate of drug-likeness (QED) is 0.841. The minimum atomic E-state index is -4.39. The summed E-state index contributed by atoms with van der Waals surface area (Å²) in [6.45, 7) is 1.45. The number of carbonyl (C=O) groups is 1. The highest BCUT2D eigenvalue weighted by atomic mass is 19.4. The Morgan fingerprint density at radius 1 is 1.21 bits per heavy atom. The monoisotopic (exact) mass is 346 g/mol. The predicted molar refractivity (Wildman–Crippen MR) is 78.0 cm³/mol. The van der Waals surface area contributed by atoms with Crippen LogP contribution in [0.15, 0.2) is 4.42 Å². The summed E-state index contributed by atoms with van der Waals surface area (Å²) in [6, 6.07) is -0.585. The second kappa shape index (κ2) is 6.70. The highest BCUT2D eigenvalue weighted by Gasteiger charge is 2.39. The molecular formula is C15H21F3N4O2. The maximum atomic E-state index is 12.8. The average molecular weight is 346 g/mol. The van der Waals surface area contributed by atoms with E-state index in [-0.39, 0.29) is 17.8 Å². The number of rotatable bonds is 3. The smallest absolute Gasteiger partial charge is 0.397 e. The van der Waals surface area contributed by atoms with Gasteiger partial charge in [-0.3, -0.25) is 9.69 Å². The lowest BCUT2D eigenvalue weighted by Crippen LogP contribution is -2.47. The van der Waals surface area contributed by atoms with Gasteiger partial charge in [-0.05, 0) is 45.7 Å². The molecule has 3 rings (SSSR count). The molecule has 2 aliphatic rings. The number of hydrogen-bond donors (Lipinski definition) is 0. The molecule has 2 aliphatic heterocycles. The molecule has 0 radical (unpaired) electrons. The summed E-state index contributed by atoms with van der Waals surface area (Å²) >= 11 is 0. The van der Waals surface area contributed by atoms with E-state index in [4.69, 9.17) is 4.42 Å². The Balaban J connectivity index is 1.76. The Morgan fingerprint density at radius 3 is 2.67 bits per heavy atom. The van der Waals surface area contributed by atoms with Crippen LogP contribution in [0.2, 0.25) is 0 Å². The molecule has 0 aliphatic carbocycles. The lowest BCUT2D eigenvalue weighted by molar-refractivity contribution is -0.140. The van der Waals surface area contributed by atoms with Gasteiger partial charge in [0, 0.05) is 6.54 Å². The first-order valence-electron chi connectivity index (χ1n) is 8.25. The molecule has 1 aromatic rings. The zero-order valence-electron chi connectivity index (χ0n) is 13.6. The third-order valence-corrected chi connectivity index (χ3v) is 4.71. The predicted octanol–water partition coefficient (Wildman–Crippen LogP) is 2.32. The SMILES string of the molecule is CN1CCC[C@H]1C(=O)N1CCCC[C@@H]1c1nnc(CC(F)(F)F)o1. The minimum absolute atomic E-state index is 0.00951. The molecule has 0 spiro atoms. The minimum Gasteiger partial charge on any atom is -0.423 e. The first-order valence-corrected chi connectivity index (χ1v) is 8.25. The van der Waals surface area contributed by atoms with Crippen molar-refractivity contribution in [2.45, 2.75) is 56.8 Å². The largest absolute Gasteiger partial charge is 0.423 e. The molecule has 24 heavy (non-hydrogen) atoms. The van der Waals surface area contributed by atoms with Crippen LogP contribution >= 0.6 is 0 Å². The molecule has 1 aromatic heterocycles. The van der Waals surface area contributed by atoms with E-state index in [9.17, 15) is 18.0 Å². The van der Waals surface area contributed by atoms with Gasteiger partial charge in [-0.2, -0.15) is 13.2 Å². The van der Waals surface area contributed by atoms with Crippen LogP contribution in [0, 0.1) is 0 Å². The van der Waals surface area contributed by atoms with Gasteiger partial charge in [0.25, 0.3) is 0 Å². The standard InChI is InChI=1S/C15H21F3N4O2/c1-21-7-4-6-11(21)14(23)22-8-3-2-5-10(22)13-20-19-12(24-13)9-15(16,17)18/h10-11H,2-9H2,1H3/t10-,11+/m1/s1. The molecule has 6 nitrogen and oxygen atoms in total. The molecule has 134 valence electrons. The van der Waals surface area contributed by atoms with Crippen molar-refractivity contribution in [2.75, 3.05) is 20.1 Å². The van der Waals surface area contributed by atoms with E-state index in [0.29, 0.717) is 13.0 Å². The van der Waals surface area contributed by atoms with E-state index < -0.39 is 24.5 Å². The number of piperidine rings is 1. The van der Waals surface area contributed by atoms with E-state index >= 15 is 0 Å². The summed E-state index contributed by atoms with van der Waals surface area (Å²) in [5.41, 5.74) is 0. The number of amides is 1. The Hall–Kier alpha value is -1.64. The van der Waals surface area contributed by atoms with Gasteiger partial charge in [0.05, 0.1) is 6.04 Å². The van der Waals surface area contributed by atoms with Gasteiger partial charge in [-0.25, -0.2) is 0 Å². The third kappa shape index (κ3) is 3.71. The van der Waals surface area contributed by atoms with Crippen LogP contribution < -0.4 is 0 Å². The van der Waals surface area contributed by atoms with Gasteiger partial charge in [-0.15, -0.1) is 10.2 Å². The Labute approximate surface area is 138 Å². The normalized spacial score (nSPS) is 26.1. The van der Waals surface area contributed by atoms with Crippen LogP contribution in [-0.4, -0.2) is 58.3 Å². The first kappa shape index (κ1) is 17.2. The molecule has 2 fully saturated rings. The van der Waals surface area contributed by atoms with Crippen LogP contribution in [0.5, 0.6) is 0 Å². The third-order valence-electron chi connectivity index (χ3n) is 4.71. The lowest BCUT2D eigenvalue weighted by atomic mass is 10.0. The number of halogens is 3. The van der Waals surface area contributed by atoms with Gasteiger partial charge in [0.1, 0.15) is 12.5 Å². The number of nitrogens with zero attached hydrogens (tertiary/aromatic N) is 4. The summed E-state index contributed by atoms with van der Waals surface area (Å²) in [7, 11) is 1.92. The number of hydrogen-bond acceptors (Lipinski definition) is 5. The van der Waals surface area contributed by atoms with Crippen LogP contribution in [0.3, 0.4) is 0 Å². The molecule has 1 amide bonds. The van der Waals surface area contributed by atoms with Gasteiger partial charge in [-0.1, -0.05) is 0 Å². The van der Waals surface area contributed by atoms with Crippen molar-refractivity contribution in [3.63, 3.8) is 0 Å². The van der Waals surface area contributed by atoms with Gasteiger partial charge in [0.2, 0.25) is 17.7 Å². The average Bonchev–Trinajstić information content (AvgIpc) is 3.14. The topological polar surface area (TPSA) is 62.5 Å². The Bertz CT molecular complexity index is 590. The summed E-state index contributed by atoms with van der Waals surface area (Å²) < 4.78 is 42.6. The molecule has 0 unspecified atom stereocenters. The molecule has 2 atom stereocenters. The summed E-state index contributed by atoms with van der Waals surface area (Å²) in [5, 5.41) is 7.28. The van der Waals surface area contributed by atoms with Gasteiger partial charge >= 0.3 is 6.18 Å². The molecule has 0 saturated carbocycles. The number of likely N-dealkylation sites (N-methyl/N-ethyl adjacent to an activating group) is 1. The van der Waals surface area contributed by atoms with E-state index in [2.05, 4.69) is 10.2 Å². The van der Waals surface area contributed by atoms with Gasteiger partial charge in [0.15, 0.2) is 0 Å². The van der Waals surface area contributed by atoms with E-state index in [0.717, 1.165) is 32.2 Å². The fraction of sp³-hybridized carbons (Fsp3) is 0.800. The van der Waals surface area contributed by atoms with Gasteiger partial charge < -0.3 is 9.32 Å². The second-order valence-electron chi connectivity index (χ2n) is 6.51. The second-order valence-corrected chi connectivity index (χ2v) is 6.51. The fourth-order valence-corrected chi connectivity index (χ4v) is 3.51. The lowest BCUT2D eigenvalue weighted by Gasteiger charge is -2.36. The van der Waals surface area contributed by atoms with Crippen molar-refractivity contribution < 1.29 is 22.4 Å². The molecular weight excluding hydrogens is 325 g/mol. The highest BCUT2D eigenvalue weighted by Crippen LogP contribution is 2.33.